The van der Waals surface area contributed by atoms with E-state index < -0.39 is 0 Å². The third kappa shape index (κ3) is 61.3. The molecule has 0 heterocycles. The predicted molar refractivity (Wildman–Crippen MR) is 228 cm³/mol. The molecule has 282 valence electrons. The smallest absolute Gasteiger partial charge is 0 e. The largest absolute Gasteiger partial charge is 0.0654 e. The molecule has 0 saturated heterocycles. The molecule has 0 N–H and O–H groups in total. The first-order valence-corrected chi connectivity index (χ1v) is 22.8. The monoisotopic (exact) mass is 727 g/mol. The molecular weight excluding hydrogens is 631 g/mol. The van der Waals surface area contributed by atoms with E-state index in [9.17, 15) is 0 Å². The second kappa shape index (κ2) is 59.5. The van der Waals surface area contributed by atoms with Crippen molar-refractivity contribution in [1.29, 1.82) is 0 Å². The Morgan fingerprint density at radius 2 is 0.188 bits per heavy atom. The summed E-state index contributed by atoms with van der Waals surface area (Å²) >= 11 is 0. The van der Waals surface area contributed by atoms with Gasteiger partial charge in [0.2, 0.25) is 0 Å². The van der Waals surface area contributed by atoms with Crippen molar-refractivity contribution in [2.75, 3.05) is 0 Å². The van der Waals surface area contributed by atoms with Gasteiger partial charge in [0, 0.05) is 103 Å². The minimum absolute atomic E-state index is 0. The molecular formula is C46H96K2. The summed E-state index contributed by atoms with van der Waals surface area (Å²) in [4.78, 5) is 0. The molecule has 0 unspecified atom stereocenters. The molecule has 0 fully saturated rings. The number of unbranched alkanes of at least 4 members (excludes halogenated alkanes) is 40. The van der Waals surface area contributed by atoms with E-state index in [0.29, 0.717) is 0 Å². The third-order valence-electron chi connectivity index (χ3n) is 10.4. The molecule has 0 saturated carbocycles. The van der Waals surface area contributed by atoms with Gasteiger partial charge < -0.3 is 0 Å². The molecule has 0 aliphatic carbocycles. The van der Waals surface area contributed by atoms with E-state index in [-0.39, 0.29) is 103 Å². The number of hydrogen-bond donors (Lipinski definition) is 0. The molecule has 0 aromatic carbocycles. The van der Waals surface area contributed by atoms with E-state index in [2.05, 4.69) is 27.7 Å². The first-order valence-electron chi connectivity index (χ1n) is 22.8. The van der Waals surface area contributed by atoms with Crippen LogP contribution in [-0.4, -0.2) is 103 Å². The number of rotatable bonds is 40. The van der Waals surface area contributed by atoms with Gasteiger partial charge in [0.05, 0.1) is 0 Å². The predicted octanol–water partition coefficient (Wildman–Crippen LogP) is 17.7. The summed E-state index contributed by atoms with van der Waals surface area (Å²) in [6.07, 6.45) is 61.8. The van der Waals surface area contributed by atoms with Crippen LogP contribution in [0.15, 0.2) is 0 Å². The van der Waals surface area contributed by atoms with Crippen molar-refractivity contribution in [1.82, 2.24) is 0 Å². The summed E-state index contributed by atoms with van der Waals surface area (Å²) in [5.74, 6) is 0. The molecule has 2 heteroatoms. The van der Waals surface area contributed by atoms with Crippen LogP contribution in [0.5, 0.6) is 0 Å². The minimum Gasteiger partial charge on any atom is -0.0654 e. The molecule has 0 spiro atoms. The average Bonchev–Trinajstić information content (AvgIpc) is 3.07. The maximum atomic E-state index is 2.30. The van der Waals surface area contributed by atoms with Gasteiger partial charge >= 0.3 is 0 Å². The zero-order valence-electron chi connectivity index (χ0n) is 35.7. The second-order valence-corrected chi connectivity index (χ2v) is 15.4. The van der Waals surface area contributed by atoms with Crippen molar-refractivity contribution in [3.05, 3.63) is 0 Å². The second-order valence-electron chi connectivity index (χ2n) is 15.4. The topological polar surface area (TPSA) is 0 Å². The van der Waals surface area contributed by atoms with Crippen LogP contribution < -0.4 is 0 Å². The summed E-state index contributed by atoms with van der Waals surface area (Å²) < 4.78 is 0. The zero-order chi connectivity index (χ0) is 33.7. The van der Waals surface area contributed by atoms with Gasteiger partial charge in [-0.25, -0.2) is 0 Å². The van der Waals surface area contributed by atoms with Gasteiger partial charge in [0.15, 0.2) is 0 Å². The van der Waals surface area contributed by atoms with E-state index in [1.807, 2.05) is 0 Å². The Balaban J connectivity index is -0.000000387. The Kier molecular flexibility index (Phi) is 71.9. The summed E-state index contributed by atoms with van der Waals surface area (Å²) in [6.45, 7) is 9.20. The zero-order valence-corrected chi connectivity index (χ0v) is 41.9. The van der Waals surface area contributed by atoms with Crippen LogP contribution in [-0.2, 0) is 0 Å². The molecule has 0 atom stereocenters. The van der Waals surface area contributed by atoms with Gasteiger partial charge in [-0.3, -0.25) is 0 Å². The quantitative estimate of drug-likeness (QED) is 0.0436. The fraction of sp³-hybridized carbons (Fsp3) is 1.00. The van der Waals surface area contributed by atoms with Crippen LogP contribution in [0.1, 0.15) is 297 Å². The summed E-state index contributed by atoms with van der Waals surface area (Å²) in [5, 5.41) is 0. The summed E-state index contributed by atoms with van der Waals surface area (Å²) in [5.41, 5.74) is 0. The van der Waals surface area contributed by atoms with Gasteiger partial charge in [0.25, 0.3) is 0 Å². The molecule has 0 nitrogen and oxygen atoms in total. The van der Waals surface area contributed by atoms with E-state index in [1.54, 1.807) is 0 Å². The average molecular weight is 727 g/mol. The van der Waals surface area contributed by atoms with E-state index in [1.165, 1.54) is 270 Å². The van der Waals surface area contributed by atoms with Crippen molar-refractivity contribution in [3.63, 3.8) is 0 Å². The Bertz CT molecular complexity index is 383. The maximum Gasteiger partial charge on any atom is 0 e. The molecule has 0 aliphatic heterocycles. The van der Waals surface area contributed by atoms with Gasteiger partial charge in [-0.15, -0.1) is 0 Å². The van der Waals surface area contributed by atoms with Crippen LogP contribution in [0.3, 0.4) is 0 Å². The molecule has 0 amide bonds. The van der Waals surface area contributed by atoms with Crippen molar-refractivity contribution in [2.24, 2.45) is 0 Å². The van der Waals surface area contributed by atoms with Crippen molar-refractivity contribution >= 4 is 103 Å². The molecule has 0 bridgehead atoms. The molecule has 0 aromatic rings. The van der Waals surface area contributed by atoms with Crippen LogP contribution in [0.2, 0.25) is 0 Å². The van der Waals surface area contributed by atoms with Crippen LogP contribution in [0.25, 0.3) is 0 Å². The van der Waals surface area contributed by atoms with Crippen molar-refractivity contribution < 1.29 is 0 Å². The Morgan fingerprint density at radius 3 is 0.250 bits per heavy atom. The molecule has 0 aliphatic rings. The van der Waals surface area contributed by atoms with E-state index in [4.69, 9.17) is 0 Å². The van der Waals surface area contributed by atoms with Crippen molar-refractivity contribution in [2.45, 2.75) is 297 Å². The Labute approximate surface area is 394 Å². The van der Waals surface area contributed by atoms with Gasteiger partial charge in [0.1, 0.15) is 0 Å². The summed E-state index contributed by atoms with van der Waals surface area (Å²) in [7, 11) is 0. The molecule has 2 radical (unpaired) electrons. The van der Waals surface area contributed by atoms with E-state index >= 15 is 0 Å². The summed E-state index contributed by atoms with van der Waals surface area (Å²) in [6, 6.07) is 0. The van der Waals surface area contributed by atoms with Gasteiger partial charge in [-0.05, 0) is 0 Å². The van der Waals surface area contributed by atoms with Gasteiger partial charge in [-0.2, -0.15) is 0 Å². The van der Waals surface area contributed by atoms with Crippen LogP contribution >= 0.6 is 0 Å². The SMILES string of the molecule is CCCCCCCCCCCCCCCCCCCCCCC.CCCCCCCCCCCCCCCCCCCCCCC.[K].[K]. The standard InChI is InChI=1S/2C23H48.2K/c2*1-3-5-7-9-11-13-15-17-19-21-23-22-20-18-16-14-12-10-8-6-4-2;;/h2*3-23H2,1-2H3;;. The minimum atomic E-state index is 0. The Morgan fingerprint density at radius 1 is 0.125 bits per heavy atom. The van der Waals surface area contributed by atoms with Gasteiger partial charge in [-0.1, -0.05) is 297 Å². The third-order valence-corrected chi connectivity index (χ3v) is 10.4. The van der Waals surface area contributed by atoms with Crippen molar-refractivity contribution in [3.8, 4) is 0 Å². The normalized spacial score (nSPS) is 10.8. The maximum absolute atomic E-state index is 2.30. The van der Waals surface area contributed by atoms with Crippen LogP contribution in [0.4, 0.5) is 0 Å². The first kappa shape index (κ1) is 58.0. The molecule has 48 heavy (non-hydrogen) atoms. The van der Waals surface area contributed by atoms with Crippen LogP contribution in [0, 0.1) is 0 Å². The fourth-order valence-corrected chi connectivity index (χ4v) is 7.01. The van der Waals surface area contributed by atoms with E-state index in [0.717, 1.165) is 0 Å². The first-order chi connectivity index (χ1) is 22.8. The molecule has 0 aromatic heterocycles. The molecule has 0 rings (SSSR count). The number of hydrogen-bond acceptors (Lipinski definition) is 0. The fourth-order valence-electron chi connectivity index (χ4n) is 7.01. The Hall–Kier alpha value is 3.27.